The Bertz CT molecular complexity index is 1700. The van der Waals surface area contributed by atoms with E-state index in [1.165, 1.54) is 41.1 Å². The van der Waals surface area contributed by atoms with E-state index in [9.17, 15) is 48.0 Å². The van der Waals surface area contributed by atoms with Crippen molar-refractivity contribution in [1.29, 1.82) is 0 Å². The maximum atomic E-state index is 14.2. The quantitative estimate of drug-likeness (QED) is 0.0476. The first-order chi connectivity index (χ1) is 26.1. The van der Waals surface area contributed by atoms with E-state index in [-0.39, 0.29) is 31.7 Å². The van der Waals surface area contributed by atoms with Gasteiger partial charge in [-0.2, -0.15) is 0 Å². The molecular formula is C35H52N7O13P. The molecule has 310 valence electrons. The van der Waals surface area contributed by atoms with Gasteiger partial charge in [-0.05, 0) is 42.4 Å². The minimum absolute atomic E-state index is 0.159. The van der Waals surface area contributed by atoms with Crippen LogP contribution in [0.25, 0.3) is 0 Å². The molecule has 2 fully saturated rings. The topological polar surface area (TPSA) is 295 Å². The summed E-state index contributed by atoms with van der Waals surface area (Å²) in [5.41, 5.74) is 5.85. The van der Waals surface area contributed by atoms with Crippen LogP contribution in [0.3, 0.4) is 0 Å². The van der Waals surface area contributed by atoms with Gasteiger partial charge in [0.05, 0.1) is 12.5 Å². The zero-order chi connectivity index (χ0) is 42.2. The summed E-state index contributed by atoms with van der Waals surface area (Å²) in [6.45, 7) is 9.76. The molecular weight excluding hydrogens is 757 g/mol. The fraction of sp³-hybridized carbons (Fsp3) is 0.600. The Hall–Kier alpha value is -4.91. The number of amides is 6. The number of rotatable bonds is 20. The van der Waals surface area contributed by atoms with Gasteiger partial charge >= 0.3 is 13.8 Å². The minimum atomic E-state index is -4.86. The molecule has 1 aromatic carbocycles. The molecule has 2 aliphatic rings. The van der Waals surface area contributed by atoms with Gasteiger partial charge < -0.3 is 41.0 Å². The molecule has 6 amide bonds. The molecule has 2 aliphatic heterocycles. The molecule has 0 aliphatic carbocycles. The summed E-state index contributed by atoms with van der Waals surface area (Å²) in [7, 11) is -4.86. The van der Waals surface area contributed by atoms with Crippen LogP contribution in [0, 0.1) is 17.8 Å². The van der Waals surface area contributed by atoms with Crippen LogP contribution in [0.15, 0.2) is 24.3 Å². The number of nitrogens with zero attached hydrogens (tertiary/aromatic N) is 3. The normalized spacial score (nSPS) is 20.5. The molecule has 8 unspecified atom stereocenters. The Morgan fingerprint density at radius 1 is 0.946 bits per heavy atom. The summed E-state index contributed by atoms with van der Waals surface area (Å²) in [4.78, 5) is 123. The van der Waals surface area contributed by atoms with Crippen LogP contribution >= 0.6 is 7.82 Å². The number of carbonyl (C=O) groups is 8. The van der Waals surface area contributed by atoms with Crippen LogP contribution in [-0.2, 0) is 49.3 Å². The van der Waals surface area contributed by atoms with Crippen molar-refractivity contribution in [3.05, 3.63) is 29.8 Å². The summed E-state index contributed by atoms with van der Waals surface area (Å²) in [6, 6.07) is -1.59. The van der Waals surface area contributed by atoms with Crippen LogP contribution in [0.1, 0.15) is 66.4 Å². The zero-order valence-electron chi connectivity index (χ0n) is 32.1. The lowest BCUT2D eigenvalue weighted by atomic mass is 9.99. The second-order valence-electron chi connectivity index (χ2n) is 14.7. The highest BCUT2D eigenvalue weighted by molar-refractivity contribution is 7.46. The third kappa shape index (κ3) is 12.3. The number of hydrogen-bond acceptors (Lipinski definition) is 11. The molecule has 56 heavy (non-hydrogen) atoms. The molecule has 3 rings (SSSR count). The molecule has 20 nitrogen and oxygen atoms in total. The number of nitrogens with one attached hydrogen (secondary N) is 3. The van der Waals surface area contributed by atoms with Gasteiger partial charge in [-0.3, -0.25) is 43.6 Å². The zero-order valence-corrected chi connectivity index (χ0v) is 33.0. The first kappa shape index (κ1) is 45.5. The summed E-state index contributed by atoms with van der Waals surface area (Å²) < 4.78 is 15.9. The van der Waals surface area contributed by atoms with Crippen LogP contribution in [0.5, 0.6) is 5.75 Å². The smallest absolute Gasteiger partial charge is 0.480 e. The van der Waals surface area contributed by atoms with Crippen LogP contribution in [-0.4, -0.2) is 127 Å². The fourth-order valence-corrected chi connectivity index (χ4v) is 6.92. The molecule has 0 saturated carbocycles. The average Bonchev–Trinajstić information content (AvgIpc) is 3.70. The Balaban J connectivity index is 1.89. The van der Waals surface area contributed by atoms with E-state index in [2.05, 4.69) is 20.5 Å². The molecule has 0 bridgehead atoms. The first-order valence-corrected chi connectivity index (χ1v) is 19.7. The van der Waals surface area contributed by atoms with Crippen molar-refractivity contribution >= 4 is 55.5 Å². The predicted octanol–water partition coefficient (Wildman–Crippen LogP) is -0.931. The van der Waals surface area contributed by atoms with Crippen molar-refractivity contribution in [2.75, 3.05) is 13.1 Å². The molecule has 2 saturated heterocycles. The molecule has 0 spiro atoms. The largest absolute Gasteiger partial charge is 0.524 e. The number of benzene rings is 1. The monoisotopic (exact) mass is 809 g/mol. The van der Waals surface area contributed by atoms with E-state index < -0.39 is 110 Å². The van der Waals surface area contributed by atoms with Gasteiger partial charge in [0.2, 0.25) is 35.4 Å². The average molecular weight is 810 g/mol. The Morgan fingerprint density at radius 3 is 2.04 bits per heavy atom. The number of primary amides is 1. The summed E-state index contributed by atoms with van der Waals surface area (Å²) in [5, 5.41) is 20.0. The lowest BCUT2D eigenvalue weighted by Crippen LogP contribution is -2.61. The SMILES string of the molecule is CC(=O)N(C(Cc1ccc(OP(=O)(O)O)cc1)C(=O)NC(C(=O)NC(CC(N)=O)C(=O)NC(C(=O)N1CCCC1C(=O)O)C(C)C)C(C)C)N1CC1C(C)C=O. The number of nitrogens with two attached hydrogens (primary N) is 1. The Labute approximate surface area is 324 Å². The number of carboxylic acid groups (broad SMARTS) is 1. The summed E-state index contributed by atoms with van der Waals surface area (Å²) in [6.07, 6.45) is 0.555. The lowest BCUT2D eigenvalue weighted by molar-refractivity contribution is -0.151. The van der Waals surface area contributed by atoms with Gasteiger partial charge in [0, 0.05) is 32.4 Å². The van der Waals surface area contributed by atoms with Gasteiger partial charge in [0.25, 0.3) is 0 Å². The third-order valence-electron chi connectivity index (χ3n) is 9.56. The number of aldehydes is 1. The Morgan fingerprint density at radius 2 is 1.54 bits per heavy atom. The van der Waals surface area contributed by atoms with Crippen molar-refractivity contribution in [2.24, 2.45) is 23.5 Å². The van der Waals surface area contributed by atoms with E-state index in [0.29, 0.717) is 18.3 Å². The first-order valence-electron chi connectivity index (χ1n) is 18.1. The number of carboxylic acids is 1. The number of carbonyl (C=O) groups excluding carboxylic acids is 7. The van der Waals surface area contributed by atoms with Gasteiger partial charge in [-0.15, -0.1) is 0 Å². The van der Waals surface area contributed by atoms with Crippen molar-refractivity contribution < 1.29 is 62.3 Å². The second kappa shape index (κ2) is 19.3. The Kier molecular flexibility index (Phi) is 15.7. The highest BCUT2D eigenvalue weighted by Crippen LogP contribution is 2.37. The van der Waals surface area contributed by atoms with Gasteiger partial charge in [0.1, 0.15) is 42.2 Å². The summed E-state index contributed by atoms with van der Waals surface area (Å²) in [5.74, 6) is -7.84. The summed E-state index contributed by atoms with van der Waals surface area (Å²) >= 11 is 0. The minimum Gasteiger partial charge on any atom is -0.480 e. The second-order valence-corrected chi connectivity index (χ2v) is 15.9. The molecule has 2 heterocycles. The van der Waals surface area contributed by atoms with Crippen LogP contribution < -0.4 is 26.2 Å². The van der Waals surface area contributed by atoms with Crippen LogP contribution in [0.2, 0.25) is 0 Å². The molecule has 0 aromatic heterocycles. The number of hydrazine groups is 1. The highest BCUT2D eigenvalue weighted by atomic mass is 31.2. The molecule has 8 N–H and O–H groups in total. The number of aliphatic carboxylic acids is 1. The fourth-order valence-electron chi connectivity index (χ4n) is 6.53. The van der Waals surface area contributed by atoms with Crippen molar-refractivity contribution in [2.45, 2.75) is 103 Å². The maximum absolute atomic E-state index is 14.2. The van der Waals surface area contributed by atoms with E-state index in [0.717, 1.165) is 0 Å². The predicted molar refractivity (Wildman–Crippen MR) is 196 cm³/mol. The number of phosphoric acid groups is 1. The standard InChI is InChI=1S/C35H52N7O13P/c1-18(2)29(33(48)37-24(15-28(36)45)31(46)39-30(19(3)4)34(49)40-13-7-8-25(40)35(50)51)38-32(47)26(42(21(6)44)41-16-27(41)20(5)17-43)14-22-9-11-23(12-10-22)55-56(52,53)54/h9-12,17-20,24-27,29-30H,7-8,13-16H2,1-6H3,(H2,36,45)(H,37,48)(H,38,47)(H,39,46)(H,50,51)(H2,52,53,54). The van der Waals surface area contributed by atoms with Crippen molar-refractivity contribution in [3.8, 4) is 5.75 Å². The molecule has 1 aromatic rings. The lowest BCUT2D eigenvalue weighted by Gasteiger charge is -2.34. The number of hydrogen-bond donors (Lipinski definition) is 7. The van der Waals surface area contributed by atoms with Gasteiger partial charge in [-0.1, -0.05) is 46.8 Å². The van der Waals surface area contributed by atoms with E-state index >= 15 is 0 Å². The van der Waals surface area contributed by atoms with Crippen LogP contribution in [0.4, 0.5) is 0 Å². The molecule has 8 atom stereocenters. The van der Waals surface area contributed by atoms with Gasteiger partial charge in [0.15, 0.2) is 0 Å². The highest BCUT2D eigenvalue weighted by Gasteiger charge is 2.48. The van der Waals surface area contributed by atoms with Crippen molar-refractivity contribution in [1.82, 2.24) is 30.9 Å². The molecule has 0 radical (unpaired) electrons. The number of phosphoric ester groups is 1. The number of likely N-dealkylation sites (tertiary alicyclic amines) is 1. The van der Waals surface area contributed by atoms with E-state index in [1.54, 1.807) is 39.6 Å². The van der Waals surface area contributed by atoms with E-state index in [1.807, 2.05) is 0 Å². The van der Waals surface area contributed by atoms with Crippen molar-refractivity contribution in [3.63, 3.8) is 0 Å². The van der Waals surface area contributed by atoms with E-state index in [4.69, 9.17) is 15.5 Å². The maximum Gasteiger partial charge on any atom is 0.524 e. The third-order valence-corrected chi connectivity index (χ3v) is 10.0. The molecule has 21 heteroatoms. The van der Waals surface area contributed by atoms with Gasteiger partial charge in [-0.25, -0.2) is 14.4 Å².